The van der Waals surface area contributed by atoms with Crippen LogP contribution in [0.5, 0.6) is 0 Å². The monoisotopic (exact) mass is 316 g/mol. The summed E-state index contributed by atoms with van der Waals surface area (Å²) in [7, 11) is 1.88. The minimum atomic E-state index is -3.71. The van der Waals surface area contributed by atoms with E-state index in [0.29, 0.717) is 0 Å². The number of fused-ring (bicyclic) bond motifs is 1. The quantitative estimate of drug-likeness (QED) is 0.672. The maximum atomic E-state index is 12.2. The van der Waals surface area contributed by atoms with E-state index in [2.05, 4.69) is 4.98 Å². The summed E-state index contributed by atoms with van der Waals surface area (Å²) in [6.45, 7) is 0.0163. The van der Waals surface area contributed by atoms with Crippen molar-refractivity contribution < 1.29 is 13.2 Å². The molecule has 0 N–H and O–H groups in total. The maximum Gasteiger partial charge on any atom is 0.332 e. The number of ether oxygens (including phenoxy) is 1. The number of hydrogen-bond acceptors (Lipinski definition) is 6. The molecule has 2 heterocycles. The van der Waals surface area contributed by atoms with Gasteiger partial charge >= 0.3 is 5.69 Å². The van der Waals surface area contributed by atoms with Crippen LogP contribution in [0.15, 0.2) is 14.7 Å². The molecular weight excluding hydrogens is 300 g/mol. The first-order chi connectivity index (χ1) is 9.72. The van der Waals surface area contributed by atoms with Gasteiger partial charge in [-0.3, -0.25) is 13.9 Å². The van der Waals surface area contributed by atoms with E-state index >= 15 is 0 Å². The van der Waals surface area contributed by atoms with Crippen LogP contribution in [-0.2, 0) is 35.7 Å². The Balaban J connectivity index is 2.85. The summed E-state index contributed by atoms with van der Waals surface area (Å²) in [5, 5.41) is -0.257. The van der Waals surface area contributed by atoms with Crippen molar-refractivity contribution in [3.05, 3.63) is 20.8 Å². The van der Waals surface area contributed by atoms with Gasteiger partial charge in [0.15, 0.2) is 11.2 Å². The van der Waals surface area contributed by atoms with Gasteiger partial charge in [0.1, 0.15) is 0 Å². The predicted octanol–water partition coefficient (Wildman–Crippen LogP) is -1.61. The van der Waals surface area contributed by atoms with Crippen molar-refractivity contribution in [3.8, 4) is 0 Å². The second-order valence-electron chi connectivity index (χ2n) is 4.64. The van der Waals surface area contributed by atoms with Gasteiger partial charge in [-0.25, -0.2) is 13.2 Å². The van der Waals surface area contributed by atoms with Crippen LogP contribution in [0.1, 0.15) is 0 Å². The molecule has 21 heavy (non-hydrogen) atoms. The van der Waals surface area contributed by atoms with Gasteiger partial charge in [0.2, 0.25) is 15.0 Å². The van der Waals surface area contributed by atoms with Crippen LogP contribution in [-0.4, -0.2) is 46.6 Å². The Hall–Kier alpha value is -1.94. The third-order valence-corrected chi connectivity index (χ3v) is 4.89. The molecule has 2 aromatic rings. The highest BCUT2D eigenvalue weighted by Crippen LogP contribution is 2.15. The van der Waals surface area contributed by atoms with Crippen molar-refractivity contribution in [2.75, 3.05) is 19.5 Å². The fourth-order valence-electron chi connectivity index (χ4n) is 2.06. The molecule has 0 saturated heterocycles. The molecule has 0 saturated carbocycles. The molecule has 0 spiro atoms. The Morgan fingerprint density at radius 2 is 1.71 bits per heavy atom. The minimum Gasteiger partial charge on any atom is -0.384 e. The Labute approximate surface area is 120 Å². The molecule has 2 rings (SSSR count). The molecule has 0 aromatic carbocycles. The molecule has 2 aromatic heterocycles. The number of rotatable bonds is 4. The summed E-state index contributed by atoms with van der Waals surface area (Å²) in [4.78, 5) is 28.0. The molecule has 0 bridgehead atoms. The lowest BCUT2D eigenvalue weighted by Gasteiger charge is -2.04. The summed E-state index contributed by atoms with van der Waals surface area (Å²) in [6.07, 6.45) is 0. The molecule has 0 atom stereocenters. The smallest absolute Gasteiger partial charge is 0.332 e. The molecule has 0 amide bonds. The van der Waals surface area contributed by atoms with E-state index in [-0.39, 0.29) is 28.7 Å². The zero-order valence-corrected chi connectivity index (χ0v) is 13.0. The Morgan fingerprint density at radius 3 is 2.29 bits per heavy atom. The van der Waals surface area contributed by atoms with Crippen molar-refractivity contribution in [3.63, 3.8) is 0 Å². The normalized spacial score (nSPS) is 12.2. The number of imidazole rings is 1. The SMILES string of the molecule is COCCS(=O)(=O)c1nc2c(c(=O)n(C)c(=O)n2C)n1C. The van der Waals surface area contributed by atoms with Crippen LogP contribution in [0.25, 0.3) is 11.2 Å². The molecule has 9 nitrogen and oxygen atoms in total. The van der Waals surface area contributed by atoms with Gasteiger partial charge < -0.3 is 9.30 Å². The second-order valence-corrected chi connectivity index (χ2v) is 6.65. The number of aryl methyl sites for hydroxylation is 2. The van der Waals surface area contributed by atoms with E-state index in [1.807, 2.05) is 0 Å². The van der Waals surface area contributed by atoms with E-state index in [4.69, 9.17) is 4.74 Å². The standard InChI is InChI=1S/C11H16N4O5S/c1-13-7-8(14(2)11(17)15(3)9(7)16)12-10(13)21(18,19)6-5-20-4/h5-6H2,1-4H3. The van der Waals surface area contributed by atoms with Gasteiger partial charge in [-0.1, -0.05) is 0 Å². The van der Waals surface area contributed by atoms with Crippen molar-refractivity contribution in [1.29, 1.82) is 0 Å². The van der Waals surface area contributed by atoms with Gasteiger partial charge in [0, 0.05) is 28.3 Å². The number of nitrogens with zero attached hydrogens (tertiary/aromatic N) is 4. The van der Waals surface area contributed by atoms with Crippen LogP contribution in [0.2, 0.25) is 0 Å². The molecular formula is C11H16N4O5S. The van der Waals surface area contributed by atoms with E-state index < -0.39 is 21.1 Å². The zero-order chi connectivity index (χ0) is 15.9. The fraction of sp³-hybridized carbons (Fsp3) is 0.545. The van der Waals surface area contributed by atoms with Crippen LogP contribution >= 0.6 is 0 Å². The molecule has 0 fully saturated rings. The molecule has 0 aliphatic rings. The van der Waals surface area contributed by atoms with Gasteiger partial charge in [-0.15, -0.1) is 0 Å². The van der Waals surface area contributed by atoms with Gasteiger partial charge in [0.05, 0.1) is 12.4 Å². The van der Waals surface area contributed by atoms with Gasteiger partial charge in [0.25, 0.3) is 5.56 Å². The first kappa shape index (κ1) is 15.4. The summed E-state index contributed by atoms with van der Waals surface area (Å²) in [5.74, 6) is -0.255. The van der Waals surface area contributed by atoms with Crippen molar-refractivity contribution in [2.45, 2.75) is 5.16 Å². The van der Waals surface area contributed by atoms with Crippen molar-refractivity contribution in [1.82, 2.24) is 18.7 Å². The third-order valence-electron chi connectivity index (χ3n) is 3.27. The van der Waals surface area contributed by atoms with E-state index in [0.717, 1.165) is 9.13 Å². The van der Waals surface area contributed by atoms with Gasteiger partial charge in [-0.2, -0.15) is 4.98 Å². The van der Waals surface area contributed by atoms with Crippen molar-refractivity contribution in [2.24, 2.45) is 21.1 Å². The van der Waals surface area contributed by atoms with Crippen molar-refractivity contribution >= 4 is 21.0 Å². The molecule has 0 aliphatic heterocycles. The molecule has 0 aliphatic carbocycles. The second kappa shape index (κ2) is 5.11. The topological polar surface area (TPSA) is 105 Å². The lowest BCUT2D eigenvalue weighted by atomic mass is 10.5. The van der Waals surface area contributed by atoms with E-state index in [9.17, 15) is 18.0 Å². The lowest BCUT2D eigenvalue weighted by molar-refractivity contribution is 0.217. The highest BCUT2D eigenvalue weighted by Gasteiger charge is 2.25. The average molecular weight is 316 g/mol. The largest absolute Gasteiger partial charge is 0.384 e. The summed E-state index contributed by atoms with van der Waals surface area (Å²) in [6, 6.07) is 0. The predicted molar refractivity (Wildman–Crippen MR) is 75.1 cm³/mol. The Morgan fingerprint density at radius 1 is 1.10 bits per heavy atom. The maximum absolute atomic E-state index is 12.2. The summed E-state index contributed by atoms with van der Waals surface area (Å²) >= 11 is 0. The summed E-state index contributed by atoms with van der Waals surface area (Å²) in [5.41, 5.74) is -1.04. The van der Waals surface area contributed by atoms with E-state index in [1.165, 1.54) is 32.8 Å². The molecule has 0 unspecified atom stereocenters. The molecule has 0 radical (unpaired) electrons. The fourth-order valence-corrected chi connectivity index (χ4v) is 3.36. The lowest BCUT2D eigenvalue weighted by Crippen LogP contribution is -2.37. The highest BCUT2D eigenvalue weighted by molar-refractivity contribution is 7.91. The first-order valence-electron chi connectivity index (χ1n) is 6.06. The number of hydrogen-bond donors (Lipinski definition) is 0. The van der Waals surface area contributed by atoms with Crippen LogP contribution in [0, 0.1) is 0 Å². The molecule has 116 valence electrons. The molecule has 10 heteroatoms. The number of sulfone groups is 1. The summed E-state index contributed by atoms with van der Waals surface area (Å²) < 4.78 is 32.4. The first-order valence-corrected chi connectivity index (χ1v) is 7.71. The van der Waals surface area contributed by atoms with Crippen LogP contribution in [0.4, 0.5) is 0 Å². The van der Waals surface area contributed by atoms with Crippen LogP contribution < -0.4 is 11.2 Å². The third kappa shape index (κ3) is 2.29. The van der Waals surface area contributed by atoms with E-state index in [1.54, 1.807) is 0 Å². The minimum absolute atomic E-state index is 0.0163. The number of aromatic nitrogens is 4. The number of methoxy groups -OCH3 is 1. The average Bonchev–Trinajstić information content (AvgIpc) is 2.79. The zero-order valence-electron chi connectivity index (χ0n) is 12.2. The van der Waals surface area contributed by atoms with Gasteiger partial charge in [-0.05, 0) is 0 Å². The van der Waals surface area contributed by atoms with Crippen LogP contribution in [0.3, 0.4) is 0 Å². The Kier molecular flexibility index (Phi) is 3.76. The Bertz CT molecular complexity index is 919. The highest BCUT2D eigenvalue weighted by atomic mass is 32.2.